The van der Waals surface area contributed by atoms with Crippen LogP contribution in [0.15, 0.2) is 6.07 Å². The minimum atomic E-state index is -0.776. The average Bonchev–Trinajstić information content (AvgIpc) is 2.57. The fourth-order valence-corrected chi connectivity index (χ4v) is 3.17. The van der Waals surface area contributed by atoms with Crippen LogP contribution in [0.1, 0.15) is 55.0 Å². The lowest BCUT2D eigenvalue weighted by Gasteiger charge is -2.25. The molecular weight excluding hydrogens is 244 g/mol. The van der Waals surface area contributed by atoms with Gasteiger partial charge in [-0.2, -0.15) is 0 Å². The summed E-state index contributed by atoms with van der Waals surface area (Å²) in [6.45, 7) is 10.0. The maximum absolute atomic E-state index is 12.1. The van der Waals surface area contributed by atoms with E-state index in [1.165, 1.54) is 15.3 Å². The second-order valence-electron chi connectivity index (χ2n) is 5.23. The zero-order chi connectivity index (χ0) is 13.9. The average molecular weight is 268 g/mol. The fourth-order valence-electron chi connectivity index (χ4n) is 2.15. The third-order valence-electron chi connectivity index (χ3n) is 3.18. The van der Waals surface area contributed by atoms with Crippen molar-refractivity contribution in [2.75, 3.05) is 0 Å². The van der Waals surface area contributed by atoms with E-state index in [0.717, 1.165) is 6.42 Å². The molecule has 0 saturated carbocycles. The number of carbonyl (C=O) groups excluding carboxylic acids is 1. The summed E-state index contributed by atoms with van der Waals surface area (Å²) in [5, 5.41) is 3.02. The Balaban J connectivity index is 2.73. The first-order chi connectivity index (χ1) is 8.27. The fraction of sp³-hybridized carbons (Fsp3) is 0.643. The van der Waals surface area contributed by atoms with E-state index in [9.17, 15) is 4.79 Å². The highest BCUT2D eigenvalue weighted by atomic mass is 32.1. The molecule has 0 aliphatic rings. The third-order valence-corrected chi connectivity index (χ3v) is 4.16. The summed E-state index contributed by atoms with van der Waals surface area (Å²) in [5.74, 6) is -0.0693. The van der Waals surface area contributed by atoms with Gasteiger partial charge in [0.2, 0.25) is 5.91 Å². The van der Waals surface area contributed by atoms with Crippen molar-refractivity contribution >= 4 is 17.2 Å². The number of hydrogen-bond donors (Lipinski definition) is 2. The molecule has 18 heavy (non-hydrogen) atoms. The minimum absolute atomic E-state index is 0.0159. The number of carbonyl (C=O) groups is 1. The SMILES string of the molecule is CCC[C@](C)(N)C(=O)N[C@@H](C)c1cc(C)sc1C. The smallest absolute Gasteiger partial charge is 0.240 e. The van der Waals surface area contributed by atoms with Crippen molar-refractivity contribution in [3.05, 3.63) is 21.4 Å². The molecule has 1 aromatic rings. The van der Waals surface area contributed by atoms with Crippen molar-refractivity contribution in [2.45, 2.75) is 59.0 Å². The lowest BCUT2D eigenvalue weighted by molar-refractivity contribution is -0.126. The number of rotatable bonds is 5. The highest BCUT2D eigenvalue weighted by Gasteiger charge is 2.28. The number of nitrogens with one attached hydrogen (secondary N) is 1. The summed E-state index contributed by atoms with van der Waals surface area (Å²) in [5.41, 5.74) is 6.45. The van der Waals surface area contributed by atoms with Gasteiger partial charge in [0.25, 0.3) is 0 Å². The van der Waals surface area contributed by atoms with Gasteiger partial charge in [-0.05, 0) is 45.7 Å². The summed E-state index contributed by atoms with van der Waals surface area (Å²) < 4.78 is 0. The molecule has 102 valence electrons. The molecule has 0 spiro atoms. The summed E-state index contributed by atoms with van der Waals surface area (Å²) in [4.78, 5) is 14.7. The highest BCUT2D eigenvalue weighted by Crippen LogP contribution is 2.26. The zero-order valence-corrected chi connectivity index (χ0v) is 12.8. The van der Waals surface area contributed by atoms with Crippen LogP contribution >= 0.6 is 11.3 Å². The summed E-state index contributed by atoms with van der Waals surface area (Å²) in [7, 11) is 0. The van der Waals surface area contributed by atoms with Crippen LogP contribution in [0.25, 0.3) is 0 Å². The predicted octanol–water partition coefficient (Wildman–Crippen LogP) is 3.06. The number of thiophene rings is 1. The van der Waals surface area contributed by atoms with Gasteiger partial charge in [-0.1, -0.05) is 13.3 Å². The lowest BCUT2D eigenvalue weighted by atomic mass is 9.95. The van der Waals surface area contributed by atoms with Crippen LogP contribution in [-0.2, 0) is 4.79 Å². The Morgan fingerprint density at radius 2 is 2.17 bits per heavy atom. The van der Waals surface area contributed by atoms with Gasteiger partial charge in [0.05, 0.1) is 11.6 Å². The van der Waals surface area contributed by atoms with Gasteiger partial charge < -0.3 is 11.1 Å². The molecule has 0 fully saturated rings. The molecule has 3 N–H and O–H groups in total. The van der Waals surface area contributed by atoms with E-state index >= 15 is 0 Å². The van der Waals surface area contributed by atoms with Crippen molar-refractivity contribution in [1.82, 2.24) is 5.32 Å². The van der Waals surface area contributed by atoms with Crippen LogP contribution in [-0.4, -0.2) is 11.4 Å². The Morgan fingerprint density at radius 3 is 2.61 bits per heavy atom. The molecule has 3 nitrogen and oxygen atoms in total. The Kier molecular flexibility index (Phi) is 4.93. The van der Waals surface area contributed by atoms with E-state index in [4.69, 9.17) is 5.73 Å². The molecule has 1 aromatic heterocycles. The van der Waals surface area contributed by atoms with E-state index in [2.05, 4.69) is 25.2 Å². The molecule has 0 aliphatic heterocycles. The Hall–Kier alpha value is -0.870. The first-order valence-corrected chi connectivity index (χ1v) is 7.26. The largest absolute Gasteiger partial charge is 0.348 e. The number of hydrogen-bond acceptors (Lipinski definition) is 3. The van der Waals surface area contributed by atoms with Crippen LogP contribution in [0.4, 0.5) is 0 Å². The first kappa shape index (κ1) is 15.2. The monoisotopic (exact) mass is 268 g/mol. The number of aryl methyl sites for hydroxylation is 2. The van der Waals surface area contributed by atoms with E-state index in [0.29, 0.717) is 6.42 Å². The van der Waals surface area contributed by atoms with Crippen molar-refractivity contribution in [3.8, 4) is 0 Å². The maximum Gasteiger partial charge on any atom is 0.240 e. The predicted molar refractivity (Wildman–Crippen MR) is 77.9 cm³/mol. The van der Waals surface area contributed by atoms with E-state index in [-0.39, 0.29) is 11.9 Å². The Labute approximate surface area is 114 Å². The second-order valence-corrected chi connectivity index (χ2v) is 6.69. The van der Waals surface area contributed by atoms with Crippen LogP contribution in [0, 0.1) is 13.8 Å². The summed E-state index contributed by atoms with van der Waals surface area (Å²) in [6, 6.07) is 2.15. The zero-order valence-electron chi connectivity index (χ0n) is 12.0. The Bertz CT molecular complexity index is 423. The van der Waals surface area contributed by atoms with E-state index in [1.807, 2.05) is 13.8 Å². The van der Waals surface area contributed by atoms with Crippen LogP contribution < -0.4 is 11.1 Å². The maximum atomic E-state index is 12.1. The van der Waals surface area contributed by atoms with Crippen molar-refractivity contribution in [3.63, 3.8) is 0 Å². The molecule has 1 heterocycles. The van der Waals surface area contributed by atoms with Gasteiger partial charge in [-0.25, -0.2) is 0 Å². The quantitative estimate of drug-likeness (QED) is 0.862. The van der Waals surface area contributed by atoms with Gasteiger partial charge in [-0.15, -0.1) is 11.3 Å². The van der Waals surface area contributed by atoms with Crippen LogP contribution in [0.5, 0.6) is 0 Å². The standard InChI is InChI=1S/C14H24N2OS/c1-6-7-14(5,15)13(17)16-10(3)12-8-9(2)18-11(12)4/h8,10H,6-7,15H2,1-5H3,(H,16,17)/t10-,14-/m0/s1. The number of amides is 1. The highest BCUT2D eigenvalue weighted by molar-refractivity contribution is 7.12. The molecule has 0 bridgehead atoms. The minimum Gasteiger partial charge on any atom is -0.348 e. The van der Waals surface area contributed by atoms with Crippen molar-refractivity contribution in [2.24, 2.45) is 5.73 Å². The van der Waals surface area contributed by atoms with Gasteiger partial charge in [0, 0.05) is 9.75 Å². The molecular formula is C14H24N2OS. The van der Waals surface area contributed by atoms with E-state index in [1.54, 1.807) is 18.3 Å². The summed E-state index contributed by atoms with van der Waals surface area (Å²) in [6.07, 6.45) is 1.61. The molecule has 0 radical (unpaired) electrons. The van der Waals surface area contributed by atoms with Gasteiger partial charge in [0.15, 0.2) is 0 Å². The molecule has 2 atom stereocenters. The molecule has 1 amide bonds. The van der Waals surface area contributed by atoms with E-state index < -0.39 is 5.54 Å². The van der Waals surface area contributed by atoms with Gasteiger partial charge in [0.1, 0.15) is 0 Å². The molecule has 1 rings (SSSR count). The third kappa shape index (κ3) is 3.56. The lowest BCUT2D eigenvalue weighted by Crippen LogP contribution is -2.52. The molecule has 0 aromatic carbocycles. The van der Waals surface area contributed by atoms with Gasteiger partial charge >= 0.3 is 0 Å². The molecule has 0 unspecified atom stereocenters. The molecule has 0 saturated heterocycles. The summed E-state index contributed by atoms with van der Waals surface area (Å²) >= 11 is 1.76. The van der Waals surface area contributed by atoms with Crippen molar-refractivity contribution < 1.29 is 4.79 Å². The molecule has 4 heteroatoms. The van der Waals surface area contributed by atoms with Crippen LogP contribution in [0.2, 0.25) is 0 Å². The molecule has 0 aliphatic carbocycles. The Morgan fingerprint density at radius 1 is 1.56 bits per heavy atom. The number of nitrogens with two attached hydrogens (primary N) is 1. The first-order valence-electron chi connectivity index (χ1n) is 6.44. The van der Waals surface area contributed by atoms with Gasteiger partial charge in [-0.3, -0.25) is 4.79 Å². The topological polar surface area (TPSA) is 55.1 Å². The van der Waals surface area contributed by atoms with Crippen molar-refractivity contribution in [1.29, 1.82) is 0 Å². The van der Waals surface area contributed by atoms with Crippen LogP contribution in [0.3, 0.4) is 0 Å². The second kappa shape index (κ2) is 5.85. The normalized spacial score (nSPS) is 16.1.